The normalized spacial score (nSPS) is 14.8. The van der Waals surface area contributed by atoms with Crippen LogP contribution in [0.2, 0.25) is 0 Å². The molecule has 1 aromatic heterocycles. The Hall–Kier alpha value is -3.23. The molecular weight excluding hydrogens is 496 g/mol. The van der Waals surface area contributed by atoms with Crippen LogP contribution in [0.25, 0.3) is 0 Å². The molecule has 0 fully saturated rings. The third-order valence-electron chi connectivity index (χ3n) is 4.68. The molecule has 0 radical (unpaired) electrons. The van der Waals surface area contributed by atoms with Crippen LogP contribution in [0, 0.1) is 0 Å². The molecule has 1 aliphatic rings. The van der Waals surface area contributed by atoms with Gasteiger partial charge in [-0.05, 0) is 38.1 Å². The summed E-state index contributed by atoms with van der Waals surface area (Å²) < 4.78 is 115. The fourth-order valence-electron chi connectivity index (χ4n) is 2.80. The van der Waals surface area contributed by atoms with Gasteiger partial charge in [0, 0.05) is 19.5 Å². The molecule has 2 heterocycles. The lowest BCUT2D eigenvalue weighted by Gasteiger charge is -2.31. The van der Waals surface area contributed by atoms with E-state index in [0.29, 0.717) is 26.1 Å². The van der Waals surface area contributed by atoms with E-state index in [9.17, 15) is 39.6 Å². The standard InChI is InChI=1S/C19H17F6N3O5S.H2/c1-17(2,19(23,24)25)33-16(29)27-12-3-4-15-14(8-12)28(5-6-32-15)34(30,31)13-7-11(9-26-10-13)18(20,21)22;/h3-4,7-10H,5-6H2,1-2H3,(H,27,29);1H. The molecule has 0 saturated carbocycles. The Morgan fingerprint density at radius 2 is 1.82 bits per heavy atom. The average molecular weight is 515 g/mol. The van der Waals surface area contributed by atoms with E-state index in [2.05, 4.69) is 15.0 Å². The van der Waals surface area contributed by atoms with E-state index in [1.165, 1.54) is 12.1 Å². The second-order valence-electron chi connectivity index (χ2n) is 7.54. The average Bonchev–Trinajstić information content (AvgIpc) is 2.71. The number of pyridine rings is 1. The Balaban J connectivity index is 0.00000432. The summed E-state index contributed by atoms with van der Waals surface area (Å²) in [5, 5.41) is 2.06. The third kappa shape index (κ3) is 5.13. The van der Waals surface area contributed by atoms with E-state index >= 15 is 0 Å². The number of carbonyl (C=O) groups is 1. The van der Waals surface area contributed by atoms with Gasteiger partial charge in [0.25, 0.3) is 10.0 Å². The third-order valence-corrected chi connectivity index (χ3v) is 6.46. The maximum absolute atomic E-state index is 13.1. The van der Waals surface area contributed by atoms with Crippen LogP contribution in [0.4, 0.5) is 42.5 Å². The van der Waals surface area contributed by atoms with E-state index < -0.39 is 44.5 Å². The monoisotopic (exact) mass is 515 g/mol. The molecule has 8 nitrogen and oxygen atoms in total. The Morgan fingerprint density at radius 3 is 2.44 bits per heavy atom. The number of amides is 1. The lowest BCUT2D eigenvalue weighted by Crippen LogP contribution is -2.44. The van der Waals surface area contributed by atoms with Crippen LogP contribution in [0.1, 0.15) is 20.8 Å². The number of aromatic nitrogens is 1. The van der Waals surface area contributed by atoms with Crippen molar-refractivity contribution in [1.29, 1.82) is 0 Å². The van der Waals surface area contributed by atoms with Crippen LogP contribution in [-0.2, 0) is 20.9 Å². The van der Waals surface area contributed by atoms with Crippen molar-refractivity contribution in [3.8, 4) is 5.75 Å². The van der Waals surface area contributed by atoms with Gasteiger partial charge in [0.15, 0.2) is 0 Å². The number of nitrogens with one attached hydrogen (secondary N) is 1. The molecule has 0 bridgehead atoms. The number of alkyl halides is 6. The molecule has 1 N–H and O–H groups in total. The summed E-state index contributed by atoms with van der Waals surface area (Å²) in [7, 11) is -4.55. The van der Waals surface area contributed by atoms with E-state index in [1.807, 2.05) is 0 Å². The van der Waals surface area contributed by atoms with Gasteiger partial charge in [-0.1, -0.05) is 0 Å². The van der Waals surface area contributed by atoms with E-state index in [-0.39, 0.29) is 31.7 Å². The van der Waals surface area contributed by atoms with Crippen LogP contribution < -0.4 is 14.4 Å². The van der Waals surface area contributed by atoms with Gasteiger partial charge < -0.3 is 9.47 Å². The summed E-state index contributed by atoms with van der Waals surface area (Å²) >= 11 is 0. The lowest BCUT2D eigenvalue weighted by molar-refractivity contribution is -0.242. The first kappa shape index (κ1) is 25.4. The van der Waals surface area contributed by atoms with Crippen molar-refractivity contribution in [2.45, 2.75) is 36.7 Å². The number of anilines is 2. The van der Waals surface area contributed by atoms with Crippen LogP contribution in [0.5, 0.6) is 5.75 Å². The SMILES string of the molecule is CC(C)(OC(=O)Nc1ccc2c(c1)N(S(=O)(=O)c1cncc(C(F)(F)F)c1)CCO2)C(F)(F)F.[HH]. The van der Waals surface area contributed by atoms with Crippen molar-refractivity contribution in [2.24, 2.45) is 0 Å². The zero-order chi connectivity index (χ0) is 25.5. The van der Waals surface area contributed by atoms with Crippen molar-refractivity contribution in [3.05, 3.63) is 42.2 Å². The van der Waals surface area contributed by atoms with Crippen molar-refractivity contribution in [3.63, 3.8) is 0 Å². The molecule has 34 heavy (non-hydrogen) atoms. The summed E-state index contributed by atoms with van der Waals surface area (Å²) in [5.74, 6) is 0.0179. The Labute approximate surface area is 191 Å². The van der Waals surface area contributed by atoms with Crippen LogP contribution in [0.15, 0.2) is 41.6 Å². The van der Waals surface area contributed by atoms with Crippen LogP contribution in [-0.4, -0.2) is 44.4 Å². The van der Waals surface area contributed by atoms with Crippen molar-refractivity contribution in [2.75, 3.05) is 22.8 Å². The maximum Gasteiger partial charge on any atom is 0.427 e. The van der Waals surface area contributed by atoms with Crippen molar-refractivity contribution >= 4 is 27.5 Å². The van der Waals surface area contributed by atoms with E-state index in [0.717, 1.165) is 16.6 Å². The molecule has 1 amide bonds. The van der Waals surface area contributed by atoms with Crippen LogP contribution >= 0.6 is 0 Å². The summed E-state index contributed by atoms with van der Waals surface area (Å²) in [6.07, 6.45) is -9.92. The van der Waals surface area contributed by atoms with Gasteiger partial charge in [-0.25, -0.2) is 13.2 Å². The number of sulfonamides is 1. The van der Waals surface area contributed by atoms with Gasteiger partial charge in [-0.15, -0.1) is 0 Å². The number of rotatable bonds is 4. The fourth-order valence-corrected chi connectivity index (χ4v) is 4.24. The highest BCUT2D eigenvalue weighted by molar-refractivity contribution is 7.92. The second kappa shape index (κ2) is 8.52. The quantitative estimate of drug-likeness (QED) is 0.587. The highest BCUT2D eigenvalue weighted by atomic mass is 32.2. The number of hydrogen-bond acceptors (Lipinski definition) is 6. The van der Waals surface area contributed by atoms with Crippen molar-refractivity contribution < 1.29 is 50.5 Å². The van der Waals surface area contributed by atoms with Crippen molar-refractivity contribution in [1.82, 2.24) is 4.98 Å². The van der Waals surface area contributed by atoms with E-state index in [4.69, 9.17) is 4.74 Å². The highest BCUT2D eigenvalue weighted by Crippen LogP contribution is 2.39. The molecule has 1 aromatic carbocycles. The molecule has 3 rings (SSSR count). The highest BCUT2D eigenvalue weighted by Gasteiger charge is 2.51. The smallest absolute Gasteiger partial charge is 0.427 e. The number of hydrogen-bond donors (Lipinski definition) is 1. The largest absolute Gasteiger partial charge is 0.489 e. The number of halogens is 6. The zero-order valence-corrected chi connectivity index (χ0v) is 18.3. The number of ether oxygens (including phenoxy) is 2. The Bertz CT molecular complexity index is 1200. The molecule has 0 atom stereocenters. The van der Waals surface area contributed by atoms with Crippen LogP contribution in [0.3, 0.4) is 0 Å². The summed E-state index contributed by atoms with van der Waals surface area (Å²) in [6, 6.07) is 3.97. The Kier molecular flexibility index (Phi) is 6.37. The number of benzene rings is 1. The predicted octanol–water partition coefficient (Wildman–Crippen LogP) is 4.82. The number of fused-ring (bicyclic) bond motifs is 1. The Morgan fingerprint density at radius 1 is 1.15 bits per heavy atom. The minimum Gasteiger partial charge on any atom is -0.489 e. The van der Waals surface area contributed by atoms with Gasteiger partial charge in [0.2, 0.25) is 5.60 Å². The molecule has 1 aliphatic heterocycles. The van der Waals surface area contributed by atoms with E-state index in [1.54, 1.807) is 0 Å². The van der Waals surface area contributed by atoms with Gasteiger partial charge >= 0.3 is 18.4 Å². The zero-order valence-electron chi connectivity index (χ0n) is 17.5. The molecule has 0 unspecified atom stereocenters. The first-order valence-corrected chi connectivity index (χ1v) is 10.8. The molecule has 0 aliphatic carbocycles. The molecule has 0 spiro atoms. The number of nitrogens with zero attached hydrogens (tertiary/aromatic N) is 2. The first-order valence-electron chi connectivity index (χ1n) is 9.41. The fraction of sp³-hybridized carbons (Fsp3) is 0.368. The minimum absolute atomic E-state index is 0. The van der Waals surface area contributed by atoms with Gasteiger partial charge in [0.1, 0.15) is 17.3 Å². The summed E-state index contributed by atoms with van der Waals surface area (Å²) in [5.41, 5.74) is -4.38. The predicted molar refractivity (Wildman–Crippen MR) is 108 cm³/mol. The first-order chi connectivity index (χ1) is 15.5. The topological polar surface area (TPSA) is 97.8 Å². The molecule has 0 saturated heterocycles. The van der Waals surface area contributed by atoms with Gasteiger partial charge in [-0.3, -0.25) is 14.6 Å². The summed E-state index contributed by atoms with van der Waals surface area (Å²) in [4.78, 5) is 14.6. The number of carbonyl (C=O) groups excluding carboxylic acids is 1. The second-order valence-corrected chi connectivity index (χ2v) is 9.40. The van der Waals surface area contributed by atoms with Gasteiger partial charge in [-0.2, -0.15) is 26.3 Å². The molecule has 188 valence electrons. The molecular formula is C19H19F6N3O5S. The van der Waals surface area contributed by atoms with Gasteiger partial charge in [0.05, 0.1) is 17.8 Å². The molecule has 15 heteroatoms. The summed E-state index contributed by atoms with van der Waals surface area (Å²) in [6.45, 7) is 0.864. The lowest BCUT2D eigenvalue weighted by atomic mass is 10.1. The molecule has 2 aromatic rings. The minimum atomic E-state index is -4.85. The maximum atomic E-state index is 13.1.